The van der Waals surface area contributed by atoms with Crippen LogP contribution in [-0.4, -0.2) is 37.0 Å². The van der Waals surface area contributed by atoms with E-state index in [0.717, 1.165) is 13.1 Å². The van der Waals surface area contributed by atoms with Crippen LogP contribution in [0.3, 0.4) is 0 Å². The highest BCUT2D eigenvalue weighted by atomic mass is 16.2. The van der Waals surface area contributed by atoms with Crippen LogP contribution < -0.4 is 5.32 Å². The van der Waals surface area contributed by atoms with Crippen LogP contribution in [0.1, 0.15) is 19.3 Å². The Labute approximate surface area is 84.8 Å². The molecule has 3 rings (SSSR count). The second-order valence-corrected chi connectivity index (χ2v) is 5.05. The summed E-state index contributed by atoms with van der Waals surface area (Å²) < 4.78 is 0. The second kappa shape index (κ2) is 2.96. The average molecular weight is 194 g/mol. The van der Waals surface area contributed by atoms with Gasteiger partial charge in [-0.05, 0) is 44.2 Å². The first-order valence-corrected chi connectivity index (χ1v) is 5.76. The smallest absolute Gasteiger partial charge is 0.226 e. The number of fused-ring (bicyclic) bond motifs is 1. The van der Waals surface area contributed by atoms with Gasteiger partial charge in [-0.3, -0.25) is 4.79 Å². The van der Waals surface area contributed by atoms with E-state index in [4.69, 9.17) is 0 Å². The van der Waals surface area contributed by atoms with Crippen molar-refractivity contribution in [2.75, 3.05) is 20.1 Å². The van der Waals surface area contributed by atoms with Crippen LogP contribution in [0.4, 0.5) is 0 Å². The summed E-state index contributed by atoms with van der Waals surface area (Å²) in [7, 11) is 1.99. The van der Waals surface area contributed by atoms with Crippen molar-refractivity contribution >= 4 is 5.91 Å². The molecular formula is C11H18N2O. The minimum atomic E-state index is 0.377. The molecule has 0 radical (unpaired) electrons. The van der Waals surface area contributed by atoms with Crippen LogP contribution in [0.15, 0.2) is 0 Å². The molecule has 1 heterocycles. The highest BCUT2D eigenvalue weighted by molar-refractivity contribution is 5.82. The van der Waals surface area contributed by atoms with Crippen molar-refractivity contribution in [2.24, 2.45) is 17.8 Å². The maximum atomic E-state index is 12.1. The zero-order chi connectivity index (χ0) is 9.71. The Bertz CT molecular complexity index is 245. The number of rotatable bonds is 2. The third-order valence-electron chi connectivity index (χ3n) is 4.35. The van der Waals surface area contributed by atoms with E-state index in [1.807, 2.05) is 11.9 Å². The highest BCUT2D eigenvalue weighted by Gasteiger charge is 2.58. The minimum absolute atomic E-state index is 0.377. The van der Waals surface area contributed by atoms with Gasteiger partial charge in [-0.25, -0.2) is 0 Å². The number of hydrogen-bond donors (Lipinski definition) is 1. The number of piperidine rings is 1. The molecule has 0 spiro atoms. The Balaban J connectivity index is 1.60. The lowest BCUT2D eigenvalue weighted by Gasteiger charge is -2.35. The summed E-state index contributed by atoms with van der Waals surface area (Å²) in [5.74, 6) is 2.14. The standard InChI is InChI=1S/C11H18N2O/c1-13(7-3-2-4-7)11(14)10-8-5-12-6-9(8)10/h7-10,12H,2-6H2,1H3/t8-,9+,10?. The molecule has 1 unspecified atom stereocenters. The number of nitrogens with zero attached hydrogens (tertiary/aromatic N) is 1. The van der Waals surface area contributed by atoms with Gasteiger partial charge in [0.05, 0.1) is 0 Å². The molecule has 3 aliphatic rings. The molecule has 0 aromatic rings. The summed E-state index contributed by atoms with van der Waals surface area (Å²) in [5.41, 5.74) is 0. The Kier molecular flexibility index (Phi) is 1.84. The van der Waals surface area contributed by atoms with Crippen molar-refractivity contribution in [1.29, 1.82) is 0 Å². The second-order valence-electron chi connectivity index (χ2n) is 5.05. The van der Waals surface area contributed by atoms with E-state index < -0.39 is 0 Å². The van der Waals surface area contributed by atoms with E-state index in [1.54, 1.807) is 0 Å². The van der Waals surface area contributed by atoms with Crippen LogP contribution in [0.5, 0.6) is 0 Å². The molecule has 1 N–H and O–H groups in total. The van der Waals surface area contributed by atoms with Crippen LogP contribution in [0.2, 0.25) is 0 Å². The first kappa shape index (κ1) is 8.72. The molecule has 1 amide bonds. The summed E-state index contributed by atoms with van der Waals surface area (Å²) in [5, 5.41) is 3.33. The van der Waals surface area contributed by atoms with E-state index in [-0.39, 0.29) is 0 Å². The lowest BCUT2D eigenvalue weighted by atomic mass is 9.91. The molecule has 3 atom stereocenters. The van der Waals surface area contributed by atoms with Crippen molar-refractivity contribution in [3.05, 3.63) is 0 Å². The predicted octanol–water partition coefficient (Wildman–Crippen LogP) is 0.463. The van der Waals surface area contributed by atoms with Gasteiger partial charge in [0.15, 0.2) is 0 Å². The van der Waals surface area contributed by atoms with Crippen LogP contribution in [-0.2, 0) is 4.79 Å². The fourth-order valence-corrected chi connectivity index (χ4v) is 2.97. The van der Waals surface area contributed by atoms with E-state index in [1.165, 1.54) is 19.3 Å². The zero-order valence-electron chi connectivity index (χ0n) is 8.70. The average Bonchev–Trinajstić information content (AvgIpc) is 2.54. The van der Waals surface area contributed by atoms with Gasteiger partial charge < -0.3 is 10.2 Å². The Morgan fingerprint density at radius 1 is 1.29 bits per heavy atom. The summed E-state index contributed by atoms with van der Waals surface area (Å²) in [4.78, 5) is 14.1. The molecular weight excluding hydrogens is 176 g/mol. The van der Waals surface area contributed by atoms with Gasteiger partial charge in [0, 0.05) is 19.0 Å². The molecule has 0 aromatic heterocycles. The Morgan fingerprint density at radius 3 is 2.43 bits per heavy atom. The molecule has 0 bridgehead atoms. The highest BCUT2D eigenvalue weighted by Crippen LogP contribution is 2.50. The van der Waals surface area contributed by atoms with Gasteiger partial charge >= 0.3 is 0 Å². The lowest BCUT2D eigenvalue weighted by Crippen LogP contribution is -2.43. The maximum absolute atomic E-state index is 12.1. The number of carbonyl (C=O) groups excluding carboxylic acids is 1. The largest absolute Gasteiger partial charge is 0.343 e. The molecule has 1 aliphatic heterocycles. The number of hydrogen-bond acceptors (Lipinski definition) is 2. The summed E-state index contributed by atoms with van der Waals surface area (Å²) in [6, 6.07) is 0.566. The number of carbonyl (C=O) groups is 1. The van der Waals surface area contributed by atoms with E-state index in [0.29, 0.717) is 29.7 Å². The van der Waals surface area contributed by atoms with Gasteiger partial charge in [0.25, 0.3) is 0 Å². The molecule has 3 nitrogen and oxygen atoms in total. The fourth-order valence-electron chi connectivity index (χ4n) is 2.97. The minimum Gasteiger partial charge on any atom is -0.343 e. The third-order valence-corrected chi connectivity index (χ3v) is 4.35. The number of amides is 1. The normalized spacial score (nSPS) is 40.2. The SMILES string of the molecule is CN(C(=O)C1[C@H]2CNC[C@@H]12)C1CCC1. The predicted molar refractivity (Wildman–Crippen MR) is 53.7 cm³/mol. The van der Waals surface area contributed by atoms with Crippen molar-refractivity contribution in [1.82, 2.24) is 10.2 Å². The van der Waals surface area contributed by atoms with Crippen LogP contribution in [0, 0.1) is 17.8 Å². The van der Waals surface area contributed by atoms with Gasteiger partial charge in [-0.15, -0.1) is 0 Å². The fraction of sp³-hybridized carbons (Fsp3) is 0.909. The summed E-state index contributed by atoms with van der Waals surface area (Å²) in [6.45, 7) is 2.14. The van der Waals surface area contributed by atoms with Crippen LogP contribution >= 0.6 is 0 Å². The van der Waals surface area contributed by atoms with Gasteiger partial charge in [0.1, 0.15) is 0 Å². The van der Waals surface area contributed by atoms with Crippen molar-refractivity contribution < 1.29 is 4.79 Å². The Hall–Kier alpha value is -0.570. The topological polar surface area (TPSA) is 32.3 Å². The molecule has 2 saturated carbocycles. The van der Waals surface area contributed by atoms with Gasteiger partial charge in [-0.1, -0.05) is 0 Å². The van der Waals surface area contributed by atoms with Crippen molar-refractivity contribution in [3.8, 4) is 0 Å². The molecule has 2 aliphatic carbocycles. The monoisotopic (exact) mass is 194 g/mol. The molecule has 1 saturated heterocycles. The van der Waals surface area contributed by atoms with E-state index in [2.05, 4.69) is 5.32 Å². The molecule has 3 heteroatoms. The summed E-state index contributed by atoms with van der Waals surface area (Å²) in [6.07, 6.45) is 3.76. The number of nitrogens with one attached hydrogen (secondary N) is 1. The zero-order valence-corrected chi connectivity index (χ0v) is 8.70. The van der Waals surface area contributed by atoms with Crippen molar-refractivity contribution in [3.63, 3.8) is 0 Å². The molecule has 14 heavy (non-hydrogen) atoms. The molecule has 3 fully saturated rings. The maximum Gasteiger partial charge on any atom is 0.226 e. The Morgan fingerprint density at radius 2 is 1.93 bits per heavy atom. The molecule has 0 aromatic carbocycles. The van der Waals surface area contributed by atoms with Crippen LogP contribution in [0.25, 0.3) is 0 Å². The molecule has 78 valence electrons. The van der Waals surface area contributed by atoms with E-state index in [9.17, 15) is 4.79 Å². The first-order chi connectivity index (χ1) is 6.79. The van der Waals surface area contributed by atoms with Gasteiger partial charge in [0.2, 0.25) is 5.91 Å². The van der Waals surface area contributed by atoms with E-state index >= 15 is 0 Å². The third kappa shape index (κ3) is 1.11. The van der Waals surface area contributed by atoms with Crippen molar-refractivity contribution in [2.45, 2.75) is 25.3 Å². The first-order valence-electron chi connectivity index (χ1n) is 5.76. The quantitative estimate of drug-likeness (QED) is 0.693. The van der Waals surface area contributed by atoms with Gasteiger partial charge in [-0.2, -0.15) is 0 Å². The lowest BCUT2D eigenvalue weighted by molar-refractivity contribution is -0.135. The summed E-state index contributed by atoms with van der Waals surface area (Å²) >= 11 is 0.